The van der Waals surface area contributed by atoms with Crippen LogP contribution >= 0.6 is 0 Å². The maximum absolute atomic E-state index is 10.8. The number of hydrogen-bond acceptors (Lipinski definition) is 4. The molecule has 1 aliphatic rings. The van der Waals surface area contributed by atoms with Crippen LogP contribution in [0.3, 0.4) is 0 Å². The van der Waals surface area contributed by atoms with Crippen LogP contribution in [0.2, 0.25) is 0 Å². The fraction of sp³-hybridized carbons (Fsp3) is 0.333. The molecule has 3 rings (SSSR count). The number of rotatable bonds is 3. The van der Waals surface area contributed by atoms with Gasteiger partial charge in [-0.15, -0.1) is 0 Å². The van der Waals surface area contributed by atoms with Crippen molar-refractivity contribution in [3.63, 3.8) is 0 Å². The summed E-state index contributed by atoms with van der Waals surface area (Å²) in [6.07, 6.45) is 2.24. The smallest absolute Gasteiger partial charge is 0.295 e. The van der Waals surface area contributed by atoms with Gasteiger partial charge in [0.05, 0.1) is 5.69 Å². The molecular formula is C18H20N2O2. The Balaban J connectivity index is 2.27. The van der Waals surface area contributed by atoms with Gasteiger partial charge >= 0.3 is 0 Å². The van der Waals surface area contributed by atoms with E-state index in [2.05, 4.69) is 37.9 Å². The van der Waals surface area contributed by atoms with E-state index in [4.69, 9.17) is 4.74 Å². The van der Waals surface area contributed by atoms with Crippen molar-refractivity contribution in [3.8, 4) is 0 Å². The number of hydrogen-bond donors (Lipinski definition) is 0. The zero-order valence-electron chi connectivity index (χ0n) is 13.4. The summed E-state index contributed by atoms with van der Waals surface area (Å²) in [4.78, 5) is 17.4. The lowest BCUT2D eigenvalue weighted by Crippen LogP contribution is -2.35. The predicted octanol–water partition coefficient (Wildman–Crippen LogP) is 3.57. The maximum atomic E-state index is 10.8. The molecule has 0 saturated heterocycles. The van der Waals surface area contributed by atoms with Crippen LogP contribution in [0.4, 0.5) is 11.5 Å². The van der Waals surface area contributed by atoms with Gasteiger partial charge in [-0.3, -0.25) is 9.69 Å². The van der Waals surface area contributed by atoms with E-state index in [9.17, 15) is 4.79 Å². The molecule has 0 spiro atoms. The van der Waals surface area contributed by atoms with Crippen LogP contribution in [0.5, 0.6) is 0 Å². The minimum atomic E-state index is -0.398. The average molecular weight is 296 g/mol. The van der Waals surface area contributed by atoms with E-state index in [1.807, 2.05) is 17.9 Å². The first-order valence-electron chi connectivity index (χ1n) is 7.46. The number of aromatic nitrogens is 1. The Bertz CT molecular complexity index is 740. The topological polar surface area (TPSA) is 42.4 Å². The molecule has 1 unspecified atom stereocenters. The Morgan fingerprint density at radius 1 is 1.32 bits per heavy atom. The minimum absolute atomic E-state index is 0.398. The fourth-order valence-electron chi connectivity index (χ4n) is 3.25. The Kier molecular flexibility index (Phi) is 3.61. The van der Waals surface area contributed by atoms with Crippen molar-refractivity contribution in [1.29, 1.82) is 0 Å². The minimum Gasteiger partial charge on any atom is -0.444 e. The molecule has 0 bridgehead atoms. The Morgan fingerprint density at radius 2 is 2.09 bits per heavy atom. The van der Waals surface area contributed by atoms with Crippen molar-refractivity contribution in [1.82, 2.24) is 4.98 Å². The van der Waals surface area contributed by atoms with Crippen molar-refractivity contribution < 1.29 is 9.53 Å². The van der Waals surface area contributed by atoms with E-state index >= 15 is 0 Å². The summed E-state index contributed by atoms with van der Waals surface area (Å²) in [5.74, 6) is 0.873. The highest BCUT2D eigenvalue weighted by atomic mass is 16.5. The fourth-order valence-corrected chi connectivity index (χ4v) is 3.25. The van der Waals surface area contributed by atoms with Crippen LogP contribution in [-0.2, 0) is 16.0 Å². The first-order valence-corrected chi connectivity index (χ1v) is 7.46. The Labute approximate surface area is 130 Å². The van der Waals surface area contributed by atoms with E-state index < -0.39 is 6.23 Å². The average Bonchev–Trinajstić information content (AvgIpc) is 2.51. The Morgan fingerprint density at radius 3 is 2.82 bits per heavy atom. The molecule has 22 heavy (non-hydrogen) atoms. The third-order valence-electron chi connectivity index (χ3n) is 4.46. The summed E-state index contributed by atoms with van der Waals surface area (Å²) in [5, 5.41) is 0. The van der Waals surface area contributed by atoms with E-state index in [-0.39, 0.29) is 0 Å². The quantitative estimate of drug-likeness (QED) is 0.812. The summed E-state index contributed by atoms with van der Waals surface area (Å²) in [5.41, 5.74) is 7.26. The number of carbonyl (C=O) groups excluding carboxylic acids is 1. The highest BCUT2D eigenvalue weighted by Crippen LogP contribution is 2.43. The van der Waals surface area contributed by atoms with Gasteiger partial charge in [0.25, 0.3) is 6.47 Å². The number of fused-ring (bicyclic) bond motifs is 2. The second-order valence-electron chi connectivity index (χ2n) is 5.83. The second-order valence-corrected chi connectivity index (χ2v) is 5.83. The second kappa shape index (κ2) is 5.44. The van der Waals surface area contributed by atoms with Gasteiger partial charge in [-0.25, -0.2) is 4.98 Å². The number of ether oxygens (including phenoxy) is 1. The van der Waals surface area contributed by atoms with Crippen molar-refractivity contribution in [3.05, 3.63) is 52.2 Å². The van der Waals surface area contributed by atoms with Crippen LogP contribution in [0, 0.1) is 20.8 Å². The van der Waals surface area contributed by atoms with Crippen LogP contribution in [0.1, 0.15) is 34.7 Å². The molecule has 0 amide bonds. The molecule has 0 radical (unpaired) electrons. The summed E-state index contributed by atoms with van der Waals surface area (Å²) < 4.78 is 5.24. The van der Waals surface area contributed by atoms with E-state index in [0.29, 0.717) is 6.47 Å². The van der Waals surface area contributed by atoms with Crippen LogP contribution in [-0.4, -0.2) is 17.7 Å². The molecule has 1 aromatic carbocycles. The molecule has 1 atom stereocenters. The van der Waals surface area contributed by atoms with Gasteiger partial charge in [0, 0.05) is 12.6 Å². The number of pyridine rings is 1. The highest BCUT2D eigenvalue weighted by Gasteiger charge is 2.31. The first-order chi connectivity index (χ1) is 10.5. The predicted molar refractivity (Wildman–Crippen MR) is 86.4 cm³/mol. The molecule has 0 saturated carbocycles. The standard InChI is InChI=1S/C18H20N2O2/c1-11-8-12(2)16-9-15-6-5-7-19-18(15)20(14(4)22-10-21)17(16)13(11)3/h5-8,10,14H,9H2,1-4H3. The molecule has 2 heterocycles. The van der Waals surface area contributed by atoms with Gasteiger partial charge in [0.1, 0.15) is 5.82 Å². The molecule has 2 aromatic rings. The molecule has 0 aliphatic carbocycles. The van der Waals surface area contributed by atoms with Gasteiger partial charge < -0.3 is 4.74 Å². The van der Waals surface area contributed by atoms with Crippen molar-refractivity contribution in [2.24, 2.45) is 0 Å². The maximum Gasteiger partial charge on any atom is 0.295 e. The summed E-state index contributed by atoms with van der Waals surface area (Å²) in [6, 6.07) is 6.25. The summed E-state index contributed by atoms with van der Waals surface area (Å²) in [7, 11) is 0. The van der Waals surface area contributed by atoms with Crippen LogP contribution in [0.25, 0.3) is 0 Å². The molecule has 1 aliphatic heterocycles. The molecule has 4 heteroatoms. The number of anilines is 2. The van der Waals surface area contributed by atoms with Crippen molar-refractivity contribution >= 4 is 18.0 Å². The third kappa shape index (κ3) is 2.15. The monoisotopic (exact) mass is 296 g/mol. The first kappa shape index (κ1) is 14.6. The number of carbonyl (C=O) groups is 1. The van der Waals surface area contributed by atoms with Gasteiger partial charge in [0.2, 0.25) is 0 Å². The van der Waals surface area contributed by atoms with Crippen molar-refractivity contribution in [2.45, 2.75) is 40.3 Å². The normalized spacial score (nSPS) is 14.1. The highest BCUT2D eigenvalue weighted by molar-refractivity contribution is 5.77. The molecule has 1 aromatic heterocycles. The van der Waals surface area contributed by atoms with Gasteiger partial charge in [0.15, 0.2) is 6.23 Å². The van der Waals surface area contributed by atoms with Gasteiger partial charge in [-0.2, -0.15) is 0 Å². The van der Waals surface area contributed by atoms with E-state index in [1.54, 1.807) is 6.20 Å². The molecular weight excluding hydrogens is 276 g/mol. The number of nitrogens with zero attached hydrogens (tertiary/aromatic N) is 2. The lowest BCUT2D eigenvalue weighted by Gasteiger charge is -2.37. The van der Waals surface area contributed by atoms with Gasteiger partial charge in [-0.1, -0.05) is 12.1 Å². The SMILES string of the molecule is Cc1cc(C)c2c(c1C)N(C(C)OC=O)c1ncccc1C2. The zero-order chi connectivity index (χ0) is 15.9. The van der Waals surface area contributed by atoms with Crippen LogP contribution < -0.4 is 4.90 Å². The van der Waals surface area contributed by atoms with Crippen LogP contribution in [0.15, 0.2) is 24.4 Å². The molecule has 0 fully saturated rings. The Hall–Kier alpha value is -2.36. The van der Waals surface area contributed by atoms with Crippen molar-refractivity contribution in [2.75, 3.05) is 4.90 Å². The lowest BCUT2D eigenvalue weighted by atomic mass is 9.89. The number of aryl methyl sites for hydroxylation is 2. The zero-order valence-corrected chi connectivity index (χ0v) is 13.4. The van der Waals surface area contributed by atoms with E-state index in [0.717, 1.165) is 23.5 Å². The molecule has 0 N–H and O–H groups in total. The summed E-state index contributed by atoms with van der Waals surface area (Å²) in [6.45, 7) is 8.73. The lowest BCUT2D eigenvalue weighted by molar-refractivity contribution is -0.132. The molecule has 114 valence electrons. The van der Waals surface area contributed by atoms with Gasteiger partial charge in [-0.05, 0) is 61.6 Å². The largest absolute Gasteiger partial charge is 0.444 e. The number of benzene rings is 1. The molecule has 4 nitrogen and oxygen atoms in total. The third-order valence-corrected chi connectivity index (χ3v) is 4.46. The summed E-state index contributed by atoms with van der Waals surface area (Å²) >= 11 is 0. The van der Waals surface area contributed by atoms with E-state index in [1.165, 1.54) is 22.3 Å².